The lowest BCUT2D eigenvalue weighted by molar-refractivity contribution is -0.132. The van der Waals surface area contributed by atoms with Crippen molar-refractivity contribution in [3.63, 3.8) is 0 Å². The van der Waals surface area contributed by atoms with Gasteiger partial charge in [0.25, 0.3) is 5.78 Å². The molecule has 1 N–H and O–H groups in total. The monoisotopic (exact) mass is 559 g/mol. The smallest absolute Gasteiger partial charge is 0.301 e. The van der Waals surface area contributed by atoms with Crippen molar-refractivity contribution in [3.05, 3.63) is 120 Å². The van der Waals surface area contributed by atoms with Crippen LogP contribution in [-0.4, -0.2) is 33.6 Å². The van der Waals surface area contributed by atoms with E-state index in [1.807, 2.05) is 30.3 Å². The third kappa shape index (κ3) is 5.62. The minimum absolute atomic E-state index is 0.138. The lowest BCUT2D eigenvalue weighted by atomic mass is 9.95. The Labute approximate surface area is 232 Å². The van der Waals surface area contributed by atoms with E-state index in [0.29, 0.717) is 21.4 Å². The summed E-state index contributed by atoms with van der Waals surface area (Å²) in [5.41, 5.74) is 1.69. The summed E-state index contributed by atoms with van der Waals surface area (Å²) in [6, 6.07) is 20.8. The van der Waals surface area contributed by atoms with Gasteiger partial charge in [0.2, 0.25) is 5.13 Å². The van der Waals surface area contributed by atoms with Crippen molar-refractivity contribution in [1.29, 1.82) is 0 Å². The van der Waals surface area contributed by atoms with Crippen molar-refractivity contribution in [1.82, 2.24) is 10.2 Å². The maximum Gasteiger partial charge on any atom is 0.301 e. The summed E-state index contributed by atoms with van der Waals surface area (Å²) in [6.45, 7) is 3.91. The normalized spacial score (nSPS) is 16.4. The Morgan fingerprint density at radius 2 is 1.85 bits per heavy atom. The third-order valence-corrected chi connectivity index (χ3v) is 8.04. The molecule has 1 aromatic heterocycles. The summed E-state index contributed by atoms with van der Waals surface area (Å²) in [4.78, 5) is 28.0. The molecule has 0 radical (unpaired) electrons. The van der Waals surface area contributed by atoms with Crippen LogP contribution in [-0.2, 0) is 15.3 Å². The fourth-order valence-electron chi connectivity index (χ4n) is 4.12. The SMILES string of the molecule is C=CCOc1cccc(C2/C(=C(\O)c3ccc(F)cc3)C(=O)C(=O)N2c2nnc(SCc3ccccc3)s2)c1. The zero-order valence-corrected chi connectivity index (χ0v) is 22.1. The molecule has 2 heterocycles. The molecule has 0 saturated carbocycles. The first kappa shape index (κ1) is 26.3. The van der Waals surface area contributed by atoms with Crippen molar-refractivity contribution in [2.75, 3.05) is 11.5 Å². The van der Waals surface area contributed by atoms with Crippen molar-refractivity contribution >= 4 is 45.7 Å². The second kappa shape index (κ2) is 11.6. The molecule has 0 aliphatic carbocycles. The van der Waals surface area contributed by atoms with Gasteiger partial charge in [0.15, 0.2) is 4.34 Å². The van der Waals surface area contributed by atoms with Gasteiger partial charge in [-0.25, -0.2) is 4.39 Å². The number of carbonyl (C=O) groups is 2. The molecule has 1 unspecified atom stereocenters. The number of hydrogen-bond donors (Lipinski definition) is 1. The van der Waals surface area contributed by atoms with Gasteiger partial charge in [0.05, 0.1) is 11.6 Å². The van der Waals surface area contributed by atoms with Crippen LogP contribution in [0.4, 0.5) is 9.52 Å². The number of anilines is 1. The molecule has 0 spiro atoms. The summed E-state index contributed by atoms with van der Waals surface area (Å²) in [5.74, 6) is -1.49. The highest BCUT2D eigenvalue weighted by Gasteiger charge is 2.48. The fraction of sp³-hybridized carbons (Fsp3) is 0.103. The minimum atomic E-state index is -1.01. The van der Waals surface area contributed by atoms with Crippen LogP contribution in [0.2, 0.25) is 0 Å². The first-order valence-corrected chi connectivity index (χ1v) is 13.7. The average Bonchev–Trinajstić information content (AvgIpc) is 3.53. The number of benzene rings is 3. The maximum absolute atomic E-state index is 13.5. The second-order valence-electron chi connectivity index (χ2n) is 8.47. The van der Waals surface area contributed by atoms with Crippen molar-refractivity contribution in [2.24, 2.45) is 0 Å². The van der Waals surface area contributed by atoms with Gasteiger partial charge in [-0.15, -0.1) is 10.2 Å². The Bertz CT molecular complexity index is 1550. The molecule has 3 aromatic carbocycles. The molecule has 1 saturated heterocycles. The Kier molecular flexibility index (Phi) is 7.85. The number of ketones is 1. The molecule has 1 amide bonds. The number of ether oxygens (including phenoxy) is 1. The predicted octanol–water partition coefficient (Wildman–Crippen LogP) is 6.16. The maximum atomic E-state index is 13.5. The van der Waals surface area contributed by atoms with Crippen LogP contribution < -0.4 is 9.64 Å². The van der Waals surface area contributed by atoms with Gasteiger partial charge in [-0.1, -0.05) is 78.2 Å². The lowest BCUT2D eigenvalue weighted by Crippen LogP contribution is -2.29. The van der Waals surface area contributed by atoms with Gasteiger partial charge in [-0.05, 0) is 47.5 Å². The number of aliphatic hydroxyl groups excluding tert-OH is 1. The Morgan fingerprint density at radius 3 is 2.59 bits per heavy atom. The van der Waals surface area contributed by atoms with E-state index in [4.69, 9.17) is 4.74 Å². The molecule has 7 nitrogen and oxygen atoms in total. The van der Waals surface area contributed by atoms with E-state index < -0.39 is 29.3 Å². The Hall–Kier alpha value is -4.28. The zero-order valence-electron chi connectivity index (χ0n) is 20.5. The van der Waals surface area contributed by atoms with Gasteiger partial charge < -0.3 is 9.84 Å². The number of halogens is 1. The van der Waals surface area contributed by atoms with E-state index in [1.54, 1.807) is 30.3 Å². The quantitative estimate of drug-likeness (QED) is 0.0656. The molecule has 0 bridgehead atoms. The van der Waals surface area contributed by atoms with E-state index in [-0.39, 0.29) is 22.9 Å². The molecule has 39 heavy (non-hydrogen) atoms. The lowest BCUT2D eigenvalue weighted by Gasteiger charge is -2.23. The van der Waals surface area contributed by atoms with Gasteiger partial charge in [-0.3, -0.25) is 14.5 Å². The number of rotatable bonds is 9. The first-order valence-electron chi connectivity index (χ1n) is 11.9. The first-order chi connectivity index (χ1) is 19.0. The number of nitrogens with zero attached hydrogens (tertiary/aromatic N) is 3. The number of aliphatic hydroxyl groups is 1. The molecule has 196 valence electrons. The van der Waals surface area contributed by atoms with Crippen LogP contribution in [0.1, 0.15) is 22.7 Å². The van der Waals surface area contributed by atoms with Crippen molar-refractivity contribution in [2.45, 2.75) is 16.1 Å². The fourth-order valence-corrected chi connectivity index (χ4v) is 5.94. The summed E-state index contributed by atoms with van der Waals surface area (Å²) in [5, 5.41) is 19.9. The van der Waals surface area contributed by atoms with Gasteiger partial charge in [0, 0.05) is 11.3 Å². The second-order valence-corrected chi connectivity index (χ2v) is 10.7. The Balaban J connectivity index is 1.56. The summed E-state index contributed by atoms with van der Waals surface area (Å²) in [7, 11) is 0. The highest BCUT2D eigenvalue weighted by molar-refractivity contribution is 8.00. The van der Waals surface area contributed by atoms with E-state index in [2.05, 4.69) is 16.8 Å². The molecule has 1 atom stereocenters. The summed E-state index contributed by atoms with van der Waals surface area (Å²) in [6.07, 6.45) is 1.60. The molecular weight excluding hydrogens is 537 g/mol. The van der Waals surface area contributed by atoms with Gasteiger partial charge in [0.1, 0.15) is 23.9 Å². The van der Waals surface area contributed by atoms with Crippen LogP contribution in [0.15, 0.2) is 101 Å². The highest BCUT2D eigenvalue weighted by Crippen LogP contribution is 2.44. The third-order valence-electron chi connectivity index (χ3n) is 5.91. The number of thioether (sulfide) groups is 1. The topological polar surface area (TPSA) is 92.6 Å². The van der Waals surface area contributed by atoms with Crippen LogP contribution >= 0.6 is 23.1 Å². The standard InChI is InChI=1S/C29H22FN3O4S2/c1-2-15-37-22-10-6-9-20(16-22)24-23(25(34)19-11-13-21(30)14-12-19)26(35)27(36)33(24)28-31-32-29(39-28)38-17-18-7-4-3-5-8-18/h2-14,16,24,34H,1,15,17H2/b25-23+. The number of Topliss-reactive ketones (excluding diaryl/α,β-unsaturated/α-hetero) is 1. The van der Waals surface area contributed by atoms with E-state index in [1.165, 1.54) is 52.3 Å². The van der Waals surface area contributed by atoms with Crippen LogP contribution in [0, 0.1) is 5.82 Å². The highest BCUT2D eigenvalue weighted by atomic mass is 32.2. The van der Waals surface area contributed by atoms with Crippen LogP contribution in [0.3, 0.4) is 0 Å². The molecule has 1 aliphatic rings. The molecule has 4 aromatic rings. The molecule has 1 fully saturated rings. The zero-order chi connectivity index (χ0) is 27.4. The molecule has 5 rings (SSSR count). The van der Waals surface area contributed by atoms with Crippen molar-refractivity contribution < 1.29 is 23.8 Å². The Morgan fingerprint density at radius 1 is 1.08 bits per heavy atom. The summed E-state index contributed by atoms with van der Waals surface area (Å²) >= 11 is 2.64. The van der Waals surface area contributed by atoms with E-state index >= 15 is 0 Å². The van der Waals surface area contributed by atoms with Crippen LogP contribution in [0.25, 0.3) is 5.76 Å². The molecular formula is C29H22FN3O4S2. The molecule has 10 heteroatoms. The molecule has 1 aliphatic heterocycles. The summed E-state index contributed by atoms with van der Waals surface area (Å²) < 4.78 is 19.8. The predicted molar refractivity (Wildman–Crippen MR) is 149 cm³/mol. The van der Waals surface area contributed by atoms with Gasteiger partial charge >= 0.3 is 5.91 Å². The minimum Gasteiger partial charge on any atom is -0.507 e. The van der Waals surface area contributed by atoms with E-state index in [0.717, 1.165) is 5.56 Å². The van der Waals surface area contributed by atoms with Crippen LogP contribution in [0.5, 0.6) is 5.75 Å². The van der Waals surface area contributed by atoms with Gasteiger partial charge in [-0.2, -0.15) is 0 Å². The number of aromatic nitrogens is 2. The average molecular weight is 560 g/mol. The van der Waals surface area contributed by atoms with Crippen molar-refractivity contribution in [3.8, 4) is 5.75 Å². The largest absolute Gasteiger partial charge is 0.507 e. The number of carbonyl (C=O) groups excluding carboxylic acids is 2. The number of hydrogen-bond acceptors (Lipinski definition) is 8. The van der Waals surface area contributed by atoms with E-state index in [9.17, 15) is 19.1 Å². The number of amides is 1.